The lowest BCUT2D eigenvalue weighted by Gasteiger charge is -2.26. The third-order valence-corrected chi connectivity index (χ3v) is 9.67. The molecule has 0 aromatic heterocycles. The van der Waals surface area contributed by atoms with Crippen molar-refractivity contribution < 1.29 is 31.2 Å². The molecule has 0 aliphatic carbocycles. The van der Waals surface area contributed by atoms with Crippen LogP contribution < -0.4 is 10.6 Å². The predicted molar refractivity (Wildman–Crippen MR) is 138 cm³/mol. The lowest BCUT2D eigenvalue weighted by Crippen LogP contribution is -2.40. The second-order valence-electron chi connectivity index (χ2n) is 8.82. The number of halogens is 1. The Morgan fingerprint density at radius 2 is 1.27 bits per heavy atom. The van der Waals surface area contributed by atoms with Crippen LogP contribution in [-0.4, -0.2) is 82.9 Å². The average Bonchev–Trinajstić information content (AvgIpc) is 3.33. The Hall–Kier alpha value is -2.55. The molecule has 37 heavy (non-hydrogen) atoms. The van der Waals surface area contributed by atoms with Crippen molar-refractivity contribution in [3.8, 4) is 0 Å². The SMILES string of the molecule is CS(=O)(=O)N1C[C@H](C(=O)Nc2ccc(Cl)cc2)[C@@H](C(=O)Nc2ccc(S(=O)(=O)N3CCOCC3)cc2)C1. The Bertz CT molecular complexity index is 1360. The number of amides is 2. The second kappa shape index (κ2) is 11.1. The Morgan fingerprint density at radius 3 is 1.73 bits per heavy atom. The number of nitrogens with zero attached hydrogens (tertiary/aromatic N) is 2. The van der Waals surface area contributed by atoms with E-state index in [4.69, 9.17) is 16.3 Å². The van der Waals surface area contributed by atoms with E-state index in [9.17, 15) is 26.4 Å². The minimum atomic E-state index is -3.69. The molecule has 2 saturated heterocycles. The fraction of sp³-hybridized carbons (Fsp3) is 0.391. The normalized spacial score (nSPS) is 21.5. The Balaban J connectivity index is 1.48. The summed E-state index contributed by atoms with van der Waals surface area (Å²) in [6.45, 7) is 0.871. The number of hydrogen-bond acceptors (Lipinski definition) is 7. The molecule has 4 rings (SSSR count). The second-order valence-corrected chi connectivity index (χ2v) is 13.2. The molecule has 11 nitrogen and oxygen atoms in total. The molecule has 2 N–H and O–H groups in total. The molecule has 2 aromatic rings. The van der Waals surface area contributed by atoms with Gasteiger partial charge in [0.1, 0.15) is 0 Å². The molecule has 14 heteroatoms. The van der Waals surface area contributed by atoms with Gasteiger partial charge in [-0.2, -0.15) is 4.31 Å². The summed E-state index contributed by atoms with van der Waals surface area (Å²) < 4.78 is 57.6. The maximum Gasteiger partial charge on any atom is 0.243 e. The topological polar surface area (TPSA) is 142 Å². The highest BCUT2D eigenvalue weighted by molar-refractivity contribution is 7.89. The first-order valence-electron chi connectivity index (χ1n) is 11.5. The van der Waals surface area contributed by atoms with Gasteiger partial charge in [0, 0.05) is 42.6 Å². The van der Waals surface area contributed by atoms with Crippen LogP contribution in [0.25, 0.3) is 0 Å². The fourth-order valence-electron chi connectivity index (χ4n) is 4.22. The molecule has 2 fully saturated rings. The monoisotopic (exact) mass is 570 g/mol. The third-order valence-electron chi connectivity index (χ3n) is 6.27. The van der Waals surface area contributed by atoms with Gasteiger partial charge in [0.05, 0.1) is 36.2 Å². The van der Waals surface area contributed by atoms with Crippen LogP contribution in [0.5, 0.6) is 0 Å². The van der Waals surface area contributed by atoms with Crippen LogP contribution in [0.1, 0.15) is 0 Å². The van der Waals surface area contributed by atoms with E-state index in [2.05, 4.69) is 10.6 Å². The summed E-state index contributed by atoms with van der Waals surface area (Å²) in [7, 11) is -7.34. The fourth-order valence-corrected chi connectivity index (χ4v) is 6.62. The molecule has 200 valence electrons. The van der Waals surface area contributed by atoms with Gasteiger partial charge in [-0.3, -0.25) is 9.59 Å². The summed E-state index contributed by atoms with van der Waals surface area (Å²) in [5, 5.41) is 5.88. The summed E-state index contributed by atoms with van der Waals surface area (Å²) in [5.74, 6) is -2.95. The van der Waals surface area contributed by atoms with E-state index in [-0.39, 0.29) is 31.1 Å². The van der Waals surface area contributed by atoms with Crippen molar-refractivity contribution in [1.82, 2.24) is 8.61 Å². The summed E-state index contributed by atoms with van der Waals surface area (Å²) in [4.78, 5) is 26.3. The molecule has 0 saturated carbocycles. The first-order valence-corrected chi connectivity index (χ1v) is 15.1. The molecule has 2 aliphatic heterocycles. The summed E-state index contributed by atoms with van der Waals surface area (Å²) in [6.07, 6.45) is 1.02. The molecule has 0 unspecified atom stereocenters. The van der Waals surface area contributed by atoms with Crippen molar-refractivity contribution in [3.05, 3.63) is 53.6 Å². The van der Waals surface area contributed by atoms with Crippen LogP contribution in [-0.2, 0) is 34.4 Å². The summed E-state index contributed by atoms with van der Waals surface area (Å²) in [6, 6.07) is 12.1. The number of sulfonamides is 2. The van der Waals surface area contributed by atoms with E-state index in [1.54, 1.807) is 24.3 Å². The lowest BCUT2D eigenvalue weighted by molar-refractivity contribution is -0.127. The number of nitrogens with one attached hydrogen (secondary N) is 2. The quantitative estimate of drug-likeness (QED) is 0.513. The van der Waals surface area contributed by atoms with Crippen LogP contribution in [0.2, 0.25) is 5.02 Å². The predicted octanol–water partition coefficient (Wildman–Crippen LogP) is 1.45. The van der Waals surface area contributed by atoms with Crippen LogP contribution in [0.4, 0.5) is 11.4 Å². The molecular weight excluding hydrogens is 544 g/mol. The Morgan fingerprint density at radius 1 is 0.811 bits per heavy atom. The van der Waals surface area contributed by atoms with Crippen molar-refractivity contribution >= 4 is 54.8 Å². The van der Waals surface area contributed by atoms with Crippen molar-refractivity contribution in [2.75, 3.05) is 56.3 Å². The largest absolute Gasteiger partial charge is 0.379 e. The van der Waals surface area contributed by atoms with Gasteiger partial charge in [-0.1, -0.05) is 11.6 Å². The van der Waals surface area contributed by atoms with E-state index in [0.29, 0.717) is 29.6 Å². The van der Waals surface area contributed by atoms with Crippen molar-refractivity contribution in [2.24, 2.45) is 11.8 Å². The van der Waals surface area contributed by atoms with Crippen molar-refractivity contribution in [3.63, 3.8) is 0 Å². The number of carbonyl (C=O) groups is 2. The van der Waals surface area contributed by atoms with E-state index >= 15 is 0 Å². The first-order chi connectivity index (χ1) is 17.4. The molecule has 2 aromatic carbocycles. The van der Waals surface area contributed by atoms with Crippen LogP contribution in [0, 0.1) is 11.8 Å². The zero-order chi connectivity index (χ0) is 26.8. The molecular formula is C23H27ClN4O7S2. The van der Waals surface area contributed by atoms with Crippen LogP contribution in [0.3, 0.4) is 0 Å². The maximum absolute atomic E-state index is 13.2. The summed E-state index contributed by atoms with van der Waals surface area (Å²) >= 11 is 5.88. The highest BCUT2D eigenvalue weighted by Gasteiger charge is 2.44. The molecule has 2 heterocycles. The number of carbonyl (C=O) groups excluding carboxylic acids is 2. The molecule has 0 spiro atoms. The zero-order valence-electron chi connectivity index (χ0n) is 20.0. The minimum absolute atomic E-state index is 0.0803. The van der Waals surface area contributed by atoms with Crippen LogP contribution in [0.15, 0.2) is 53.4 Å². The standard InChI is InChI=1S/C23H27ClN4O7S2/c1-36(31,32)28-14-20(22(29)25-17-4-2-16(24)3-5-17)21(15-28)23(30)26-18-6-8-19(9-7-18)37(33,34)27-10-12-35-13-11-27/h2-9,20-21H,10-15H2,1H3,(H,25,29)(H,26,30)/t20-,21-/m0/s1. The first kappa shape index (κ1) is 27.5. The van der Waals surface area contributed by atoms with E-state index in [1.165, 1.54) is 28.6 Å². The Labute approximate surface area is 220 Å². The van der Waals surface area contributed by atoms with Gasteiger partial charge >= 0.3 is 0 Å². The average molecular weight is 571 g/mol. The molecule has 2 amide bonds. The molecule has 2 aliphatic rings. The zero-order valence-corrected chi connectivity index (χ0v) is 22.4. The number of hydrogen-bond donors (Lipinski definition) is 2. The molecule has 0 radical (unpaired) electrons. The highest BCUT2D eigenvalue weighted by atomic mass is 35.5. The van der Waals surface area contributed by atoms with Gasteiger partial charge < -0.3 is 15.4 Å². The maximum atomic E-state index is 13.2. The van der Waals surface area contributed by atoms with Crippen LogP contribution >= 0.6 is 11.6 Å². The number of ether oxygens (including phenoxy) is 1. The third kappa shape index (κ3) is 6.48. The van der Waals surface area contributed by atoms with Crippen molar-refractivity contribution in [2.45, 2.75) is 4.90 Å². The van der Waals surface area contributed by atoms with E-state index < -0.39 is 43.7 Å². The van der Waals surface area contributed by atoms with Gasteiger partial charge in [0.15, 0.2) is 0 Å². The number of benzene rings is 2. The van der Waals surface area contributed by atoms with Gasteiger partial charge in [0.2, 0.25) is 31.9 Å². The smallest absolute Gasteiger partial charge is 0.243 e. The lowest BCUT2D eigenvalue weighted by atomic mass is 9.94. The van der Waals surface area contributed by atoms with Gasteiger partial charge in [-0.15, -0.1) is 0 Å². The van der Waals surface area contributed by atoms with E-state index in [0.717, 1.165) is 10.6 Å². The number of anilines is 2. The van der Waals surface area contributed by atoms with Gasteiger partial charge in [-0.05, 0) is 48.5 Å². The van der Waals surface area contributed by atoms with Gasteiger partial charge in [0.25, 0.3) is 0 Å². The molecule has 0 bridgehead atoms. The van der Waals surface area contributed by atoms with E-state index in [1.807, 2.05) is 0 Å². The molecule has 2 atom stereocenters. The van der Waals surface area contributed by atoms with Gasteiger partial charge in [-0.25, -0.2) is 21.1 Å². The van der Waals surface area contributed by atoms with Crippen molar-refractivity contribution in [1.29, 1.82) is 0 Å². The number of rotatable bonds is 7. The summed E-state index contributed by atoms with van der Waals surface area (Å²) in [5.41, 5.74) is 0.782. The number of morpholine rings is 1. The minimum Gasteiger partial charge on any atom is -0.379 e. The Kier molecular flexibility index (Phi) is 8.21. The highest BCUT2D eigenvalue weighted by Crippen LogP contribution is 2.29.